The number of hydrogen-bond donors (Lipinski definition) is 0. The Morgan fingerprint density at radius 2 is 2.17 bits per heavy atom. The number of hydrogen-bond acceptors (Lipinski definition) is 3. The van der Waals surface area contributed by atoms with Crippen LogP contribution in [-0.4, -0.2) is 29.0 Å². The van der Waals surface area contributed by atoms with Gasteiger partial charge in [0.05, 0.1) is 18.1 Å². The zero-order valence-electron chi connectivity index (χ0n) is 7.67. The number of carbonyl (C=O) groups excluding carboxylic acids is 1. The molecule has 0 aromatic rings. The average Bonchev–Trinajstić information content (AvgIpc) is 1.96. The molecule has 0 aromatic carbocycles. The number of carbonyl (C=O) groups is 1. The van der Waals surface area contributed by atoms with Crippen LogP contribution in [0.5, 0.6) is 0 Å². The van der Waals surface area contributed by atoms with E-state index in [4.69, 9.17) is 16.3 Å². The van der Waals surface area contributed by atoms with Crippen LogP contribution in [0.3, 0.4) is 0 Å². The molecule has 0 N–H and O–H groups in total. The van der Waals surface area contributed by atoms with Crippen molar-refractivity contribution in [1.82, 2.24) is 0 Å². The monoisotopic (exact) mass is 210 g/mol. The van der Waals surface area contributed by atoms with Gasteiger partial charge in [0, 0.05) is 12.7 Å². The Kier molecular flexibility index (Phi) is 6.90. The molecule has 0 spiro atoms. The van der Waals surface area contributed by atoms with Crippen LogP contribution in [-0.2, 0) is 9.53 Å². The third-order valence-corrected chi connectivity index (χ3v) is 2.52. The quantitative estimate of drug-likeness (QED) is 0.652. The van der Waals surface area contributed by atoms with Gasteiger partial charge in [0.2, 0.25) is 0 Å². The van der Waals surface area contributed by atoms with Crippen LogP contribution in [0.2, 0.25) is 0 Å². The number of alkyl halides is 1. The molecule has 0 unspecified atom stereocenters. The minimum Gasteiger partial charge on any atom is -0.377 e. The number of rotatable bonds is 5. The lowest BCUT2D eigenvalue weighted by Gasteiger charge is -2.11. The maximum Gasteiger partial charge on any atom is 0.185 e. The van der Waals surface area contributed by atoms with Crippen LogP contribution in [0.25, 0.3) is 0 Å². The predicted octanol–water partition coefficient (Wildman–Crippen LogP) is 2.30. The van der Waals surface area contributed by atoms with Crippen LogP contribution in [0.15, 0.2) is 0 Å². The van der Waals surface area contributed by atoms with Crippen molar-refractivity contribution in [3.05, 3.63) is 0 Å². The van der Waals surface area contributed by atoms with Crippen molar-refractivity contribution >= 4 is 28.5 Å². The topological polar surface area (TPSA) is 26.3 Å². The van der Waals surface area contributed by atoms with Crippen LogP contribution >= 0.6 is 23.4 Å². The molecule has 0 aliphatic carbocycles. The predicted molar refractivity (Wildman–Crippen MR) is 53.9 cm³/mol. The highest BCUT2D eigenvalue weighted by atomic mass is 35.5. The zero-order valence-corrected chi connectivity index (χ0v) is 9.24. The molecule has 0 rings (SSSR count). The van der Waals surface area contributed by atoms with Crippen molar-refractivity contribution in [2.75, 3.05) is 12.4 Å². The Labute approximate surface area is 83.0 Å². The maximum atomic E-state index is 10.5. The highest BCUT2D eigenvalue weighted by molar-refractivity contribution is 8.13. The first kappa shape index (κ1) is 12.3. The first-order valence-corrected chi connectivity index (χ1v) is 5.33. The molecular formula is C8H15ClO2S. The molecular weight excluding hydrogens is 196 g/mol. The van der Waals surface area contributed by atoms with Gasteiger partial charge in [-0.15, -0.1) is 11.6 Å². The average molecular weight is 211 g/mol. The van der Waals surface area contributed by atoms with E-state index < -0.39 is 0 Å². The summed E-state index contributed by atoms with van der Waals surface area (Å²) in [7, 11) is 0. The first-order valence-electron chi connectivity index (χ1n) is 3.91. The fourth-order valence-corrected chi connectivity index (χ4v) is 1.33. The molecule has 0 amide bonds. The molecule has 0 aliphatic heterocycles. The van der Waals surface area contributed by atoms with E-state index >= 15 is 0 Å². The first-order chi connectivity index (χ1) is 5.52. The second-order valence-electron chi connectivity index (χ2n) is 2.78. The van der Waals surface area contributed by atoms with E-state index in [0.29, 0.717) is 12.4 Å². The standard InChI is InChI=1S/C8H15ClO2S/c1-6(2)11-4-8(9)5-12-7(3)10/h6,8H,4-5H2,1-3H3/t8-/m0/s1. The molecule has 0 aliphatic rings. The second-order valence-corrected chi connectivity index (χ2v) is 4.60. The third kappa shape index (κ3) is 8.37. The van der Waals surface area contributed by atoms with E-state index in [-0.39, 0.29) is 16.6 Å². The molecule has 12 heavy (non-hydrogen) atoms. The van der Waals surface area contributed by atoms with Gasteiger partial charge in [0.25, 0.3) is 0 Å². The minimum absolute atomic E-state index is 0.0682. The molecule has 0 heterocycles. The molecule has 2 nitrogen and oxygen atoms in total. The van der Waals surface area contributed by atoms with Gasteiger partial charge < -0.3 is 4.74 Å². The van der Waals surface area contributed by atoms with Crippen molar-refractivity contribution in [2.24, 2.45) is 0 Å². The fourth-order valence-electron chi connectivity index (χ4n) is 0.553. The third-order valence-electron chi connectivity index (χ3n) is 1.08. The molecule has 0 fully saturated rings. The van der Waals surface area contributed by atoms with Crippen molar-refractivity contribution in [3.63, 3.8) is 0 Å². The van der Waals surface area contributed by atoms with Gasteiger partial charge in [0.1, 0.15) is 0 Å². The lowest BCUT2D eigenvalue weighted by atomic mass is 10.4. The van der Waals surface area contributed by atoms with Gasteiger partial charge in [-0.2, -0.15) is 0 Å². The van der Waals surface area contributed by atoms with E-state index in [1.54, 1.807) is 0 Å². The minimum atomic E-state index is -0.0682. The Balaban J connectivity index is 3.33. The SMILES string of the molecule is CC(=O)SC[C@@H](Cl)COC(C)C. The van der Waals surface area contributed by atoms with E-state index in [0.717, 1.165) is 0 Å². The van der Waals surface area contributed by atoms with Crippen molar-refractivity contribution in [2.45, 2.75) is 32.3 Å². The molecule has 4 heteroatoms. The Hall–Kier alpha value is 0.270. The number of ether oxygens (including phenoxy) is 1. The summed E-state index contributed by atoms with van der Waals surface area (Å²) in [5.74, 6) is 0.629. The van der Waals surface area contributed by atoms with E-state index in [1.165, 1.54) is 18.7 Å². The van der Waals surface area contributed by atoms with Crippen LogP contribution in [0.4, 0.5) is 0 Å². The zero-order chi connectivity index (χ0) is 9.56. The van der Waals surface area contributed by atoms with Gasteiger partial charge in [-0.3, -0.25) is 4.79 Å². The highest BCUT2D eigenvalue weighted by Gasteiger charge is 2.07. The van der Waals surface area contributed by atoms with Crippen molar-refractivity contribution < 1.29 is 9.53 Å². The van der Waals surface area contributed by atoms with Crippen LogP contribution in [0.1, 0.15) is 20.8 Å². The molecule has 1 atom stereocenters. The molecule has 0 bridgehead atoms. The van der Waals surface area contributed by atoms with Crippen molar-refractivity contribution in [3.8, 4) is 0 Å². The number of halogens is 1. The molecule has 0 radical (unpaired) electrons. The van der Waals surface area contributed by atoms with Crippen molar-refractivity contribution in [1.29, 1.82) is 0 Å². The van der Waals surface area contributed by atoms with E-state index in [1.807, 2.05) is 13.8 Å². The van der Waals surface area contributed by atoms with Gasteiger partial charge in [-0.05, 0) is 13.8 Å². The smallest absolute Gasteiger partial charge is 0.185 e. The highest BCUT2D eigenvalue weighted by Crippen LogP contribution is 2.09. The largest absolute Gasteiger partial charge is 0.377 e. The summed E-state index contributed by atoms with van der Waals surface area (Å²) in [4.78, 5) is 10.5. The molecule has 0 aromatic heterocycles. The molecule has 0 saturated carbocycles. The van der Waals surface area contributed by atoms with E-state index in [2.05, 4.69) is 0 Å². The summed E-state index contributed by atoms with van der Waals surface area (Å²) in [6.07, 6.45) is 0.202. The van der Waals surface area contributed by atoms with Crippen LogP contribution in [0, 0.1) is 0 Å². The Morgan fingerprint density at radius 1 is 1.58 bits per heavy atom. The summed E-state index contributed by atoms with van der Waals surface area (Å²) < 4.78 is 5.28. The normalized spacial score (nSPS) is 13.4. The Bertz CT molecular complexity index is 139. The summed E-state index contributed by atoms with van der Waals surface area (Å²) in [6.45, 7) is 5.97. The van der Waals surface area contributed by atoms with E-state index in [9.17, 15) is 4.79 Å². The Morgan fingerprint density at radius 3 is 2.58 bits per heavy atom. The lowest BCUT2D eigenvalue weighted by Crippen LogP contribution is -2.16. The maximum absolute atomic E-state index is 10.5. The lowest BCUT2D eigenvalue weighted by molar-refractivity contribution is -0.109. The number of thioether (sulfide) groups is 1. The molecule has 72 valence electrons. The summed E-state index contributed by atoms with van der Waals surface area (Å²) >= 11 is 7.11. The summed E-state index contributed by atoms with van der Waals surface area (Å²) in [6, 6.07) is 0. The van der Waals surface area contributed by atoms with Crippen LogP contribution < -0.4 is 0 Å². The van der Waals surface area contributed by atoms with Gasteiger partial charge in [-0.1, -0.05) is 11.8 Å². The van der Waals surface area contributed by atoms with Gasteiger partial charge in [0.15, 0.2) is 5.12 Å². The summed E-state index contributed by atoms with van der Waals surface area (Å²) in [5, 5.41) is 0.0338. The summed E-state index contributed by atoms with van der Waals surface area (Å²) in [5.41, 5.74) is 0. The van der Waals surface area contributed by atoms with Gasteiger partial charge in [-0.25, -0.2) is 0 Å². The van der Waals surface area contributed by atoms with Gasteiger partial charge >= 0.3 is 0 Å². The second kappa shape index (κ2) is 6.75. The molecule has 0 saturated heterocycles. The fraction of sp³-hybridized carbons (Fsp3) is 0.875.